The molecular formula is C19H23IN2O. The Labute approximate surface area is 152 Å². The Bertz CT molecular complexity index is 705. The van der Waals surface area contributed by atoms with Gasteiger partial charge in [-0.3, -0.25) is 0 Å². The van der Waals surface area contributed by atoms with Crippen molar-refractivity contribution in [2.45, 2.75) is 39.7 Å². The van der Waals surface area contributed by atoms with Crippen LogP contribution in [0.15, 0.2) is 42.5 Å². The molecule has 3 nitrogen and oxygen atoms in total. The van der Waals surface area contributed by atoms with Gasteiger partial charge in [0.05, 0.1) is 0 Å². The van der Waals surface area contributed by atoms with Gasteiger partial charge in [-0.15, -0.1) is 0 Å². The molecule has 0 aliphatic rings. The minimum absolute atomic E-state index is 0.0236. The third-order valence-corrected chi connectivity index (χ3v) is 4.33. The zero-order valence-corrected chi connectivity index (χ0v) is 16.2. The van der Waals surface area contributed by atoms with Gasteiger partial charge in [-0.05, 0) is 63.8 Å². The zero-order valence-electron chi connectivity index (χ0n) is 14.0. The van der Waals surface area contributed by atoms with E-state index in [0.717, 1.165) is 25.9 Å². The molecule has 2 aromatic rings. The van der Waals surface area contributed by atoms with E-state index in [1.165, 1.54) is 0 Å². The first-order valence-corrected chi connectivity index (χ1v) is 8.74. The molecule has 0 aliphatic heterocycles. The number of halogens is 1. The van der Waals surface area contributed by atoms with Crippen LogP contribution in [0.2, 0.25) is 0 Å². The zero-order chi connectivity index (χ0) is 17.0. The topological polar surface area (TPSA) is 41.1 Å². The van der Waals surface area contributed by atoms with Crippen molar-refractivity contribution in [3.05, 3.63) is 62.7 Å². The standard InChI is InChI=1S/C19H23IN2O/c1-13-7-5-10-16(19(2,3)4)17(13)22-18(23)21-12-14-8-6-9-15(20)11-14/h5-11H,12H2,1-4H3,(H2,21,22,23). The van der Waals surface area contributed by atoms with E-state index >= 15 is 0 Å². The van der Waals surface area contributed by atoms with Crippen LogP contribution in [0.1, 0.15) is 37.5 Å². The Morgan fingerprint density at radius 3 is 2.48 bits per heavy atom. The number of anilines is 1. The normalized spacial score (nSPS) is 11.2. The largest absolute Gasteiger partial charge is 0.334 e. The average molecular weight is 422 g/mol. The molecule has 2 aromatic carbocycles. The molecule has 2 N–H and O–H groups in total. The lowest BCUT2D eigenvalue weighted by Crippen LogP contribution is -2.30. The predicted octanol–water partition coefficient (Wildman–Crippen LogP) is 5.22. The van der Waals surface area contributed by atoms with Crippen molar-refractivity contribution in [1.29, 1.82) is 0 Å². The maximum Gasteiger partial charge on any atom is 0.319 e. The highest BCUT2D eigenvalue weighted by Crippen LogP contribution is 2.31. The van der Waals surface area contributed by atoms with Crippen LogP contribution in [0, 0.1) is 10.5 Å². The summed E-state index contributed by atoms with van der Waals surface area (Å²) in [6, 6.07) is 14.1. The maximum absolute atomic E-state index is 12.3. The second kappa shape index (κ2) is 7.34. The molecule has 0 atom stereocenters. The first-order valence-electron chi connectivity index (χ1n) is 7.67. The number of benzene rings is 2. The first-order chi connectivity index (χ1) is 10.8. The van der Waals surface area contributed by atoms with Gasteiger partial charge in [-0.25, -0.2) is 4.79 Å². The molecule has 0 fully saturated rings. The number of carbonyl (C=O) groups is 1. The molecule has 0 aliphatic carbocycles. The summed E-state index contributed by atoms with van der Waals surface area (Å²) >= 11 is 2.27. The Kier molecular flexibility index (Phi) is 5.68. The summed E-state index contributed by atoms with van der Waals surface area (Å²) in [6.45, 7) is 8.98. The highest BCUT2D eigenvalue weighted by Gasteiger charge is 2.20. The number of para-hydroxylation sites is 1. The molecule has 4 heteroatoms. The Morgan fingerprint density at radius 2 is 1.83 bits per heavy atom. The van der Waals surface area contributed by atoms with E-state index in [4.69, 9.17) is 0 Å². The van der Waals surface area contributed by atoms with Crippen molar-refractivity contribution < 1.29 is 4.79 Å². The quantitative estimate of drug-likeness (QED) is 0.655. The minimum atomic E-state index is -0.177. The summed E-state index contributed by atoms with van der Waals surface area (Å²) < 4.78 is 1.16. The number of aryl methyl sites for hydroxylation is 1. The average Bonchev–Trinajstić information content (AvgIpc) is 2.46. The smallest absolute Gasteiger partial charge is 0.319 e. The third kappa shape index (κ3) is 4.96. The molecule has 0 saturated carbocycles. The fourth-order valence-electron chi connectivity index (χ4n) is 2.45. The number of hydrogen-bond acceptors (Lipinski definition) is 1. The van der Waals surface area contributed by atoms with Gasteiger partial charge in [0.15, 0.2) is 0 Å². The van der Waals surface area contributed by atoms with Crippen LogP contribution >= 0.6 is 22.6 Å². The van der Waals surface area contributed by atoms with Gasteiger partial charge < -0.3 is 10.6 Å². The number of nitrogens with one attached hydrogen (secondary N) is 2. The second-order valence-electron chi connectivity index (χ2n) is 6.69. The highest BCUT2D eigenvalue weighted by molar-refractivity contribution is 14.1. The molecular weight excluding hydrogens is 399 g/mol. The maximum atomic E-state index is 12.3. The number of amides is 2. The van der Waals surface area contributed by atoms with Crippen molar-refractivity contribution in [3.8, 4) is 0 Å². The van der Waals surface area contributed by atoms with E-state index in [1.807, 2.05) is 37.3 Å². The molecule has 0 unspecified atom stereocenters. The van der Waals surface area contributed by atoms with Gasteiger partial charge in [-0.2, -0.15) is 0 Å². The van der Waals surface area contributed by atoms with E-state index < -0.39 is 0 Å². The summed E-state index contributed by atoms with van der Waals surface area (Å²) in [5.74, 6) is 0. The van der Waals surface area contributed by atoms with E-state index in [-0.39, 0.29) is 11.4 Å². The van der Waals surface area contributed by atoms with Gasteiger partial charge in [0.1, 0.15) is 0 Å². The van der Waals surface area contributed by atoms with Crippen LogP contribution in [0.5, 0.6) is 0 Å². The van der Waals surface area contributed by atoms with Crippen molar-refractivity contribution in [1.82, 2.24) is 5.32 Å². The number of hydrogen-bond donors (Lipinski definition) is 2. The molecule has 0 heterocycles. The first kappa shape index (κ1) is 17.8. The summed E-state index contributed by atoms with van der Waals surface area (Å²) in [4.78, 5) is 12.3. The van der Waals surface area contributed by atoms with Crippen LogP contribution in [-0.2, 0) is 12.0 Å². The van der Waals surface area contributed by atoms with Crippen LogP contribution in [0.3, 0.4) is 0 Å². The predicted molar refractivity (Wildman–Crippen MR) is 105 cm³/mol. The molecule has 0 bridgehead atoms. The summed E-state index contributed by atoms with van der Waals surface area (Å²) in [6.07, 6.45) is 0. The molecule has 0 saturated heterocycles. The van der Waals surface area contributed by atoms with Gasteiger partial charge in [0.2, 0.25) is 0 Å². The fourth-order valence-corrected chi connectivity index (χ4v) is 3.05. The number of carbonyl (C=O) groups excluding carboxylic acids is 1. The molecule has 23 heavy (non-hydrogen) atoms. The lowest BCUT2D eigenvalue weighted by atomic mass is 9.84. The Hall–Kier alpha value is -1.56. The van der Waals surface area contributed by atoms with E-state index in [2.05, 4.69) is 66.1 Å². The van der Waals surface area contributed by atoms with Gasteiger partial charge in [0.25, 0.3) is 0 Å². The van der Waals surface area contributed by atoms with Crippen LogP contribution in [0.4, 0.5) is 10.5 Å². The number of urea groups is 1. The molecule has 0 radical (unpaired) electrons. The molecule has 0 aromatic heterocycles. The fraction of sp³-hybridized carbons (Fsp3) is 0.316. The lowest BCUT2D eigenvalue weighted by molar-refractivity contribution is 0.251. The van der Waals surface area contributed by atoms with E-state index in [9.17, 15) is 4.79 Å². The van der Waals surface area contributed by atoms with Crippen LogP contribution in [0.25, 0.3) is 0 Å². The van der Waals surface area contributed by atoms with Crippen molar-refractivity contribution in [2.75, 3.05) is 5.32 Å². The monoisotopic (exact) mass is 422 g/mol. The minimum Gasteiger partial charge on any atom is -0.334 e. The van der Waals surface area contributed by atoms with E-state index in [1.54, 1.807) is 0 Å². The molecule has 122 valence electrons. The Morgan fingerprint density at radius 1 is 1.13 bits per heavy atom. The Balaban J connectivity index is 2.09. The van der Waals surface area contributed by atoms with E-state index in [0.29, 0.717) is 6.54 Å². The molecule has 2 amide bonds. The van der Waals surface area contributed by atoms with Gasteiger partial charge in [-0.1, -0.05) is 51.1 Å². The highest BCUT2D eigenvalue weighted by atomic mass is 127. The van der Waals surface area contributed by atoms with Crippen LogP contribution < -0.4 is 10.6 Å². The second-order valence-corrected chi connectivity index (χ2v) is 7.93. The number of rotatable bonds is 3. The van der Waals surface area contributed by atoms with Gasteiger partial charge >= 0.3 is 6.03 Å². The van der Waals surface area contributed by atoms with Crippen molar-refractivity contribution >= 4 is 34.3 Å². The summed E-state index contributed by atoms with van der Waals surface area (Å²) in [5.41, 5.74) is 4.18. The van der Waals surface area contributed by atoms with Crippen LogP contribution in [-0.4, -0.2) is 6.03 Å². The summed E-state index contributed by atoms with van der Waals surface area (Å²) in [5, 5.41) is 5.95. The van der Waals surface area contributed by atoms with Gasteiger partial charge in [0, 0.05) is 15.8 Å². The summed E-state index contributed by atoms with van der Waals surface area (Å²) in [7, 11) is 0. The van der Waals surface area contributed by atoms with Crippen molar-refractivity contribution in [3.63, 3.8) is 0 Å². The SMILES string of the molecule is Cc1cccc(C(C)(C)C)c1NC(=O)NCc1cccc(I)c1. The molecule has 0 spiro atoms. The van der Waals surface area contributed by atoms with Crippen molar-refractivity contribution in [2.24, 2.45) is 0 Å². The third-order valence-electron chi connectivity index (χ3n) is 3.66. The lowest BCUT2D eigenvalue weighted by Gasteiger charge is -2.24. The molecule has 2 rings (SSSR count).